The van der Waals surface area contributed by atoms with Gasteiger partial charge in [-0.3, -0.25) is 4.79 Å². The SMILES string of the molecule is Cc1ccc(S(=O)(=O)N2CCCC2CNC(=O)C23CC4CC(CC(C4)C2)C3)cc1. The summed E-state index contributed by atoms with van der Waals surface area (Å²) < 4.78 is 27.9. The average Bonchev–Trinajstić information content (AvgIpc) is 3.15. The first-order valence-corrected chi connectivity index (χ1v) is 12.7. The summed E-state index contributed by atoms with van der Waals surface area (Å²) in [6, 6.07) is 6.92. The number of benzene rings is 1. The van der Waals surface area contributed by atoms with E-state index in [4.69, 9.17) is 0 Å². The van der Waals surface area contributed by atoms with Gasteiger partial charge in [-0.05, 0) is 88.2 Å². The van der Waals surface area contributed by atoms with Gasteiger partial charge in [-0.2, -0.15) is 4.31 Å². The normalized spacial score (nSPS) is 36.4. The van der Waals surface area contributed by atoms with Gasteiger partial charge in [-0.25, -0.2) is 8.42 Å². The maximum absolute atomic E-state index is 13.2. The highest BCUT2D eigenvalue weighted by Crippen LogP contribution is 2.60. The molecule has 5 nitrogen and oxygen atoms in total. The van der Waals surface area contributed by atoms with Crippen molar-refractivity contribution in [3.8, 4) is 0 Å². The molecule has 4 saturated carbocycles. The molecule has 4 aliphatic carbocycles. The molecule has 1 atom stereocenters. The highest BCUT2D eigenvalue weighted by Gasteiger charge is 2.54. The molecule has 29 heavy (non-hydrogen) atoms. The van der Waals surface area contributed by atoms with E-state index in [-0.39, 0.29) is 17.4 Å². The summed E-state index contributed by atoms with van der Waals surface area (Å²) in [5, 5.41) is 3.20. The molecule has 0 radical (unpaired) electrons. The number of carbonyl (C=O) groups excluding carboxylic acids is 1. The van der Waals surface area contributed by atoms with Gasteiger partial charge >= 0.3 is 0 Å². The van der Waals surface area contributed by atoms with E-state index in [1.807, 2.05) is 19.1 Å². The Labute approximate surface area is 174 Å². The monoisotopic (exact) mass is 416 g/mol. The van der Waals surface area contributed by atoms with Crippen LogP contribution in [-0.4, -0.2) is 37.8 Å². The number of nitrogens with one attached hydrogen (secondary N) is 1. The average molecular weight is 417 g/mol. The molecule has 158 valence electrons. The fourth-order valence-electron chi connectivity index (χ4n) is 6.96. The molecule has 1 saturated heterocycles. The van der Waals surface area contributed by atoms with Crippen molar-refractivity contribution < 1.29 is 13.2 Å². The fraction of sp³-hybridized carbons (Fsp3) is 0.696. The van der Waals surface area contributed by atoms with Crippen LogP contribution in [0.1, 0.15) is 56.9 Å². The molecule has 1 aromatic carbocycles. The molecule has 1 N–H and O–H groups in total. The smallest absolute Gasteiger partial charge is 0.243 e. The fourth-order valence-corrected chi connectivity index (χ4v) is 8.65. The number of hydrogen-bond acceptors (Lipinski definition) is 3. The summed E-state index contributed by atoms with van der Waals surface area (Å²) in [5.74, 6) is 2.39. The van der Waals surface area contributed by atoms with Gasteiger partial charge < -0.3 is 5.32 Å². The van der Waals surface area contributed by atoms with Gasteiger partial charge in [0.2, 0.25) is 15.9 Å². The Balaban J connectivity index is 1.27. The Morgan fingerprint density at radius 1 is 1.07 bits per heavy atom. The second-order valence-electron chi connectivity index (χ2n) is 10.1. The predicted molar refractivity (Wildman–Crippen MR) is 112 cm³/mol. The highest BCUT2D eigenvalue weighted by molar-refractivity contribution is 7.89. The predicted octanol–water partition coefficient (Wildman–Crippen LogP) is 3.48. The molecule has 1 unspecified atom stereocenters. The van der Waals surface area contributed by atoms with Crippen molar-refractivity contribution in [2.75, 3.05) is 13.1 Å². The summed E-state index contributed by atoms with van der Waals surface area (Å²) in [6.45, 7) is 2.93. The van der Waals surface area contributed by atoms with Crippen LogP contribution in [0.5, 0.6) is 0 Å². The van der Waals surface area contributed by atoms with E-state index in [2.05, 4.69) is 5.32 Å². The van der Waals surface area contributed by atoms with Crippen molar-refractivity contribution in [1.82, 2.24) is 9.62 Å². The van der Waals surface area contributed by atoms with Crippen LogP contribution in [0.25, 0.3) is 0 Å². The third-order valence-electron chi connectivity index (χ3n) is 7.97. The maximum atomic E-state index is 13.2. The van der Waals surface area contributed by atoms with Crippen LogP contribution in [0.15, 0.2) is 29.2 Å². The molecule has 1 aromatic rings. The summed E-state index contributed by atoms with van der Waals surface area (Å²) in [6.07, 6.45) is 8.74. The second kappa shape index (κ2) is 7.09. The molecule has 5 fully saturated rings. The molecule has 6 rings (SSSR count). The lowest BCUT2D eigenvalue weighted by Gasteiger charge is -2.55. The van der Waals surface area contributed by atoms with Crippen molar-refractivity contribution in [2.45, 2.75) is 69.2 Å². The number of amides is 1. The highest BCUT2D eigenvalue weighted by atomic mass is 32.2. The van der Waals surface area contributed by atoms with E-state index in [1.165, 1.54) is 19.3 Å². The van der Waals surface area contributed by atoms with Crippen LogP contribution >= 0.6 is 0 Å². The molecule has 0 spiro atoms. The van der Waals surface area contributed by atoms with Gasteiger partial charge in [0.25, 0.3) is 0 Å². The number of sulfonamides is 1. The molecule has 1 aliphatic heterocycles. The molecular formula is C23H32N2O3S. The van der Waals surface area contributed by atoms with Crippen LogP contribution in [0.4, 0.5) is 0 Å². The summed E-state index contributed by atoms with van der Waals surface area (Å²) in [4.78, 5) is 13.6. The minimum atomic E-state index is -3.52. The summed E-state index contributed by atoms with van der Waals surface area (Å²) in [7, 11) is -3.52. The van der Waals surface area contributed by atoms with E-state index in [1.54, 1.807) is 16.4 Å². The Kier molecular flexibility index (Phi) is 4.78. The molecule has 1 amide bonds. The molecule has 4 bridgehead atoms. The van der Waals surface area contributed by atoms with Gasteiger partial charge in [-0.15, -0.1) is 0 Å². The zero-order chi connectivity index (χ0) is 20.2. The van der Waals surface area contributed by atoms with Crippen LogP contribution in [-0.2, 0) is 14.8 Å². The second-order valence-corrected chi connectivity index (χ2v) is 12.0. The summed E-state index contributed by atoms with van der Waals surface area (Å²) in [5.41, 5.74) is 0.873. The van der Waals surface area contributed by atoms with Crippen molar-refractivity contribution in [2.24, 2.45) is 23.2 Å². The lowest BCUT2D eigenvalue weighted by Crippen LogP contribution is -2.55. The number of aryl methyl sites for hydroxylation is 1. The summed E-state index contributed by atoms with van der Waals surface area (Å²) >= 11 is 0. The first-order chi connectivity index (χ1) is 13.9. The van der Waals surface area contributed by atoms with E-state index < -0.39 is 10.0 Å². The first-order valence-electron chi connectivity index (χ1n) is 11.2. The van der Waals surface area contributed by atoms with Crippen LogP contribution in [0, 0.1) is 30.1 Å². The van der Waals surface area contributed by atoms with Crippen LogP contribution in [0.3, 0.4) is 0 Å². The minimum Gasteiger partial charge on any atom is -0.354 e. The lowest BCUT2D eigenvalue weighted by molar-refractivity contribution is -0.146. The van der Waals surface area contributed by atoms with E-state index in [0.717, 1.165) is 55.4 Å². The zero-order valence-corrected chi connectivity index (χ0v) is 18.1. The van der Waals surface area contributed by atoms with Gasteiger partial charge in [0, 0.05) is 24.5 Å². The van der Waals surface area contributed by atoms with Crippen molar-refractivity contribution in [3.05, 3.63) is 29.8 Å². The Hall–Kier alpha value is -1.40. The maximum Gasteiger partial charge on any atom is 0.243 e. The first kappa shape index (κ1) is 19.6. The Morgan fingerprint density at radius 2 is 1.66 bits per heavy atom. The van der Waals surface area contributed by atoms with E-state index in [0.29, 0.717) is 18.0 Å². The molecule has 1 heterocycles. The van der Waals surface area contributed by atoms with Crippen LogP contribution < -0.4 is 5.32 Å². The van der Waals surface area contributed by atoms with Crippen LogP contribution in [0.2, 0.25) is 0 Å². The van der Waals surface area contributed by atoms with Gasteiger partial charge in [0.15, 0.2) is 0 Å². The van der Waals surface area contributed by atoms with Gasteiger partial charge in [0.05, 0.1) is 4.90 Å². The lowest BCUT2D eigenvalue weighted by atomic mass is 9.49. The topological polar surface area (TPSA) is 66.5 Å². The number of rotatable bonds is 5. The molecule has 5 aliphatic rings. The van der Waals surface area contributed by atoms with E-state index in [9.17, 15) is 13.2 Å². The number of carbonyl (C=O) groups is 1. The largest absolute Gasteiger partial charge is 0.354 e. The molecular weight excluding hydrogens is 384 g/mol. The zero-order valence-electron chi connectivity index (χ0n) is 17.3. The minimum absolute atomic E-state index is 0.140. The number of hydrogen-bond donors (Lipinski definition) is 1. The quantitative estimate of drug-likeness (QED) is 0.799. The Morgan fingerprint density at radius 3 is 2.24 bits per heavy atom. The third-order valence-corrected chi connectivity index (χ3v) is 9.93. The van der Waals surface area contributed by atoms with Gasteiger partial charge in [-0.1, -0.05) is 17.7 Å². The van der Waals surface area contributed by atoms with Crippen molar-refractivity contribution in [3.63, 3.8) is 0 Å². The van der Waals surface area contributed by atoms with E-state index >= 15 is 0 Å². The standard InChI is InChI=1S/C23H32N2O3S/c1-16-4-6-21(7-5-16)29(27,28)25-8-2-3-20(25)15-24-22(26)23-12-17-9-18(13-23)11-19(10-17)14-23/h4-7,17-20H,2-3,8-15H2,1H3,(H,24,26). The molecule has 6 heteroatoms. The van der Waals surface area contributed by atoms with Crippen molar-refractivity contribution in [1.29, 1.82) is 0 Å². The number of nitrogens with zero attached hydrogens (tertiary/aromatic N) is 1. The van der Waals surface area contributed by atoms with Crippen molar-refractivity contribution >= 4 is 15.9 Å². The van der Waals surface area contributed by atoms with Gasteiger partial charge in [0.1, 0.15) is 0 Å². The third kappa shape index (κ3) is 3.42. The molecule has 0 aromatic heterocycles. The Bertz CT molecular complexity index is 858.